The van der Waals surface area contributed by atoms with Gasteiger partial charge in [0.2, 0.25) is 11.8 Å². The van der Waals surface area contributed by atoms with Crippen LogP contribution in [-0.4, -0.2) is 47.6 Å². The molecule has 0 aliphatic heterocycles. The lowest BCUT2D eigenvalue weighted by Crippen LogP contribution is -2.54. The van der Waals surface area contributed by atoms with Crippen molar-refractivity contribution in [2.45, 2.75) is 52.2 Å². The fraction of sp³-hybridized carbons (Fsp3) is 0.419. The molecule has 2 amide bonds. The molecule has 2 aromatic rings. The molecule has 210 valence electrons. The standard InChI is InChI=1S/C31H39Cl2N3O3/c1-3-15-36(16-4-2)30(39)31(14-8-11-23(19-31)29(34)38)26(17-22-9-6-5-7-10-22)28(37)21-35-20-24-12-13-25(32)18-27(24)33/h5-14,18,26,28,35,37H,3-4,15-17,19-21H2,1-2H3,(H2,34,38)/t26-,28+,31?/m1/s1. The number of hydrogen-bond donors (Lipinski definition) is 3. The van der Waals surface area contributed by atoms with Gasteiger partial charge in [-0.05, 0) is 48.9 Å². The second kappa shape index (κ2) is 14.7. The average molecular weight is 573 g/mol. The van der Waals surface area contributed by atoms with Crippen molar-refractivity contribution in [1.82, 2.24) is 10.2 Å². The zero-order valence-corrected chi connectivity index (χ0v) is 24.2. The van der Waals surface area contributed by atoms with E-state index in [0.717, 1.165) is 24.0 Å². The maximum atomic E-state index is 14.4. The van der Waals surface area contributed by atoms with Crippen molar-refractivity contribution in [3.8, 4) is 0 Å². The number of aliphatic hydroxyl groups excluding tert-OH is 1. The maximum Gasteiger partial charge on any atom is 0.244 e. The Kier molecular flexibility index (Phi) is 11.6. The van der Waals surface area contributed by atoms with Crippen LogP contribution >= 0.6 is 23.2 Å². The second-order valence-corrected chi connectivity index (χ2v) is 11.0. The average Bonchev–Trinajstić information content (AvgIpc) is 2.93. The van der Waals surface area contributed by atoms with Crippen LogP contribution in [0, 0.1) is 11.3 Å². The van der Waals surface area contributed by atoms with Crippen LogP contribution in [0.3, 0.4) is 0 Å². The van der Waals surface area contributed by atoms with Gasteiger partial charge in [-0.2, -0.15) is 0 Å². The van der Waals surface area contributed by atoms with Crippen LogP contribution in [0.1, 0.15) is 44.2 Å². The molecule has 0 bridgehead atoms. The number of nitrogens with two attached hydrogens (primary N) is 1. The summed E-state index contributed by atoms with van der Waals surface area (Å²) in [7, 11) is 0. The van der Waals surface area contributed by atoms with Gasteiger partial charge in [-0.3, -0.25) is 9.59 Å². The summed E-state index contributed by atoms with van der Waals surface area (Å²) < 4.78 is 0. The van der Waals surface area contributed by atoms with Crippen molar-refractivity contribution in [1.29, 1.82) is 0 Å². The molecule has 4 N–H and O–H groups in total. The number of nitrogens with zero attached hydrogens (tertiary/aromatic N) is 1. The highest BCUT2D eigenvalue weighted by molar-refractivity contribution is 6.35. The lowest BCUT2D eigenvalue weighted by Gasteiger charge is -2.44. The van der Waals surface area contributed by atoms with Crippen LogP contribution < -0.4 is 11.1 Å². The van der Waals surface area contributed by atoms with E-state index < -0.39 is 23.3 Å². The van der Waals surface area contributed by atoms with Gasteiger partial charge in [-0.1, -0.05) is 91.7 Å². The zero-order chi connectivity index (χ0) is 28.4. The molecule has 0 saturated heterocycles. The summed E-state index contributed by atoms with van der Waals surface area (Å²) in [5.41, 5.74) is 6.81. The van der Waals surface area contributed by atoms with Gasteiger partial charge in [-0.15, -0.1) is 0 Å². The van der Waals surface area contributed by atoms with Crippen molar-refractivity contribution in [3.05, 3.63) is 93.5 Å². The van der Waals surface area contributed by atoms with Gasteiger partial charge in [0.15, 0.2) is 0 Å². The summed E-state index contributed by atoms with van der Waals surface area (Å²) in [5, 5.41) is 16.1. The summed E-state index contributed by atoms with van der Waals surface area (Å²) in [5.74, 6) is -1.18. The molecule has 0 heterocycles. The molecule has 3 rings (SSSR count). The Balaban J connectivity index is 1.98. The van der Waals surface area contributed by atoms with Crippen LogP contribution in [0.4, 0.5) is 0 Å². The zero-order valence-electron chi connectivity index (χ0n) is 22.7. The molecule has 0 fully saturated rings. The van der Waals surface area contributed by atoms with E-state index in [9.17, 15) is 14.7 Å². The molecular formula is C31H39Cl2N3O3. The van der Waals surface area contributed by atoms with Gasteiger partial charge >= 0.3 is 0 Å². The lowest BCUT2D eigenvalue weighted by atomic mass is 9.64. The Morgan fingerprint density at radius 2 is 1.79 bits per heavy atom. The number of hydrogen-bond acceptors (Lipinski definition) is 4. The van der Waals surface area contributed by atoms with Crippen LogP contribution in [0.15, 0.2) is 72.3 Å². The number of carbonyl (C=O) groups is 2. The molecule has 0 radical (unpaired) electrons. The highest BCUT2D eigenvalue weighted by Gasteiger charge is 2.49. The topological polar surface area (TPSA) is 95.7 Å². The highest BCUT2D eigenvalue weighted by Crippen LogP contribution is 2.44. The molecule has 0 aromatic heterocycles. The molecule has 1 aliphatic rings. The smallest absolute Gasteiger partial charge is 0.244 e. The fourth-order valence-electron chi connectivity index (χ4n) is 5.34. The molecule has 8 heteroatoms. The van der Waals surface area contributed by atoms with Gasteiger partial charge in [0.25, 0.3) is 0 Å². The predicted octanol–water partition coefficient (Wildman–Crippen LogP) is 5.31. The predicted molar refractivity (Wildman–Crippen MR) is 158 cm³/mol. The number of primary amides is 1. The van der Waals surface area contributed by atoms with Gasteiger partial charge in [0.1, 0.15) is 0 Å². The summed E-state index contributed by atoms with van der Waals surface area (Å²) in [6.07, 6.45) is 6.56. The van der Waals surface area contributed by atoms with Gasteiger partial charge in [-0.25, -0.2) is 0 Å². The number of benzene rings is 2. The lowest BCUT2D eigenvalue weighted by molar-refractivity contribution is -0.145. The summed E-state index contributed by atoms with van der Waals surface area (Å²) in [6.45, 7) is 5.91. The largest absolute Gasteiger partial charge is 0.391 e. The minimum Gasteiger partial charge on any atom is -0.391 e. The van der Waals surface area contributed by atoms with E-state index in [1.165, 1.54) is 0 Å². The molecule has 0 saturated carbocycles. The van der Waals surface area contributed by atoms with E-state index in [1.807, 2.05) is 61.2 Å². The first kappa shape index (κ1) is 30.9. The number of amides is 2. The maximum absolute atomic E-state index is 14.4. The van der Waals surface area contributed by atoms with Crippen molar-refractivity contribution in [2.24, 2.45) is 17.1 Å². The number of rotatable bonds is 14. The number of halogens is 2. The quantitative estimate of drug-likeness (QED) is 0.286. The third-order valence-electron chi connectivity index (χ3n) is 7.27. The van der Waals surface area contributed by atoms with Crippen molar-refractivity contribution in [3.63, 3.8) is 0 Å². The molecular weight excluding hydrogens is 533 g/mol. The van der Waals surface area contributed by atoms with Gasteiger partial charge in [0.05, 0.1) is 11.5 Å². The van der Waals surface area contributed by atoms with Crippen LogP contribution in [0.25, 0.3) is 0 Å². The first-order chi connectivity index (χ1) is 18.7. The molecule has 1 aliphatic carbocycles. The van der Waals surface area contributed by atoms with Gasteiger partial charge in [0, 0.05) is 47.7 Å². The first-order valence-electron chi connectivity index (χ1n) is 13.6. The van der Waals surface area contributed by atoms with E-state index >= 15 is 0 Å². The third kappa shape index (κ3) is 7.95. The minimum absolute atomic E-state index is 0.0879. The molecule has 0 spiro atoms. The number of allylic oxidation sites excluding steroid dienone is 2. The van der Waals surface area contributed by atoms with E-state index in [0.29, 0.717) is 41.7 Å². The van der Waals surface area contributed by atoms with Crippen molar-refractivity contribution < 1.29 is 14.7 Å². The fourth-order valence-corrected chi connectivity index (χ4v) is 5.81. The minimum atomic E-state index is -1.14. The van der Waals surface area contributed by atoms with Gasteiger partial charge < -0.3 is 21.1 Å². The van der Waals surface area contributed by atoms with Crippen LogP contribution in [-0.2, 0) is 22.6 Å². The molecule has 3 atom stereocenters. The first-order valence-corrected chi connectivity index (χ1v) is 14.3. The Labute approximate surface area is 241 Å². The normalized spacial score (nSPS) is 18.3. The Hall–Kier alpha value is -2.64. The number of nitrogens with one attached hydrogen (secondary N) is 1. The Morgan fingerprint density at radius 3 is 2.41 bits per heavy atom. The van der Waals surface area contributed by atoms with Crippen molar-refractivity contribution >= 4 is 35.0 Å². The van der Waals surface area contributed by atoms with Crippen LogP contribution in [0.5, 0.6) is 0 Å². The highest BCUT2D eigenvalue weighted by atomic mass is 35.5. The molecule has 2 aromatic carbocycles. The number of carbonyl (C=O) groups excluding carboxylic acids is 2. The van der Waals surface area contributed by atoms with E-state index in [4.69, 9.17) is 28.9 Å². The van der Waals surface area contributed by atoms with E-state index in [-0.39, 0.29) is 18.9 Å². The molecule has 39 heavy (non-hydrogen) atoms. The van der Waals surface area contributed by atoms with E-state index in [2.05, 4.69) is 5.32 Å². The van der Waals surface area contributed by atoms with Crippen LogP contribution in [0.2, 0.25) is 10.0 Å². The van der Waals surface area contributed by atoms with Crippen molar-refractivity contribution in [2.75, 3.05) is 19.6 Å². The molecule has 1 unspecified atom stereocenters. The number of aliphatic hydroxyl groups is 1. The summed E-state index contributed by atoms with van der Waals surface area (Å²) in [6, 6.07) is 15.1. The van der Waals surface area contributed by atoms with E-state index in [1.54, 1.807) is 24.3 Å². The second-order valence-electron chi connectivity index (χ2n) is 10.2. The summed E-state index contributed by atoms with van der Waals surface area (Å²) >= 11 is 12.4. The molecule has 6 nitrogen and oxygen atoms in total. The monoisotopic (exact) mass is 571 g/mol. The third-order valence-corrected chi connectivity index (χ3v) is 7.86. The summed E-state index contributed by atoms with van der Waals surface area (Å²) in [4.78, 5) is 28.6. The Bertz CT molecular complexity index is 1180. The SMILES string of the molecule is CCCN(CCC)C(=O)C1([C@H](Cc2ccccc2)[C@@H](O)CNCc2ccc(Cl)cc2Cl)C=CC=C(C(N)=O)C1. The Morgan fingerprint density at radius 1 is 1.10 bits per heavy atom.